The normalized spacial score (nSPS) is 9.94. The van der Waals surface area contributed by atoms with E-state index in [0.29, 0.717) is 22.9 Å². The Hall–Kier alpha value is -1.37. The highest BCUT2D eigenvalue weighted by atomic mass is 79.9. The lowest BCUT2D eigenvalue weighted by molar-refractivity contribution is -0.119. The average molecular weight is 288 g/mol. The van der Waals surface area contributed by atoms with E-state index in [0.717, 1.165) is 0 Å². The van der Waals surface area contributed by atoms with Crippen LogP contribution in [0.5, 0.6) is 0 Å². The minimum Gasteiger partial charge on any atom is -0.383 e. The quantitative estimate of drug-likeness (QED) is 0.783. The van der Waals surface area contributed by atoms with Crippen molar-refractivity contribution in [1.29, 1.82) is 0 Å². The lowest BCUT2D eigenvalue weighted by Crippen LogP contribution is -2.35. The zero-order chi connectivity index (χ0) is 12.1. The van der Waals surface area contributed by atoms with Crippen LogP contribution < -0.4 is 16.0 Å². The largest absolute Gasteiger partial charge is 0.383 e. The Kier molecular flexibility index (Phi) is 4.48. The van der Waals surface area contributed by atoms with Gasteiger partial charge in [-0.1, -0.05) is 0 Å². The molecule has 0 aromatic carbocycles. The summed E-state index contributed by atoms with van der Waals surface area (Å²) in [6.07, 6.45) is 0. The number of amides is 1. The minimum atomic E-state index is -0.0767. The molecule has 0 radical (unpaired) electrons. The maximum absolute atomic E-state index is 11.3. The third kappa shape index (κ3) is 3.65. The number of nitrogens with two attached hydrogens (primary N) is 1. The second kappa shape index (κ2) is 5.64. The van der Waals surface area contributed by atoms with Gasteiger partial charge in [-0.15, -0.1) is 0 Å². The number of carbonyl (C=O) groups is 1. The summed E-state index contributed by atoms with van der Waals surface area (Å²) in [4.78, 5) is 21.1. The lowest BCUT2D eigenvalue weighted by atomic mass is 10.5. The number of likely N-dealkylation sites (N-methyl/N-ethyl adjacent to an activating group) is 2. The van der Waals surface area contributed by atoms with E-state index >= 15 is 0 Å². The molecule has 7 heteroatoms. The summed E-state index contributed by atoms with van der Waals surface area (Å²) in [6, 6.07) is 1.60. The van der Waals surface area contributed by atoms with Gasteiger partial charge in [0.15, 0.2) is 0 Å². The molecule has 0 bridgehead atoms. The van der Waals surface area contributed by atoms with Crippen LogP contribution in [-0.2, 0) is 4.79 Å². The van der Waals surface area contributed by atoms with Crippen LogP contribution in [0, 0.1) is 0 Å². The van der Waals surface area contributed by atoms with E-state index in [-0.39, 0.29) is 12.5 Å². The SMILES string of the molecule is CCNC(=O)CN(C)c1nc(N)cc(Br)n1. The van der Waals surface area contributed by atoms with Gasteiger partial charge < -0.3 is 16.0 Å². The topological polar surface area (TPSA) is 84.1 Å². The van der Waals surface area contributed by atoms with Gasteiger partial charge in [0, 0.05) is 19.7 Å². The third-order valence-corrected chi connectivity index (χ3v) is 2.21. The van der Waals surface area contributed by atoms with E-state index in [1.165, 1.54) is 0 Å². The van der Waals surface area contributed by atoms with E-state index < -0.39 is 0 Å². The van der Waals surface area contributed by atoms with E-state index in [1.807, 2.05) is 6.92 Å². The molecule has 3 N–H and O–H groups in total. The molecule has 1 amide bonds. The predicted molar refractivity (Wildman–Crippen MR) is 66.1 cm³/mol. The summed E-state index contributed by atoms with van der Waals surface area (Å²) in [7, 11) is 1.73. The van der Waals surface area contributed by atoms with Gasteiger partial charge in [0.25, 0.3) is 0 Å². The van der Waals surface area contributed by atoms with Gasteiger partial charge in [-0.2, -0.15) is 4.98 Å². The van der Waals surface area contributed by atoms with Crippen molar-refractivity contribution in [3.63, 3.8) is 0 Å². The Labute approximate surface area is 102 Å². The highest BCUT2D eigenvalue weighted by molar-refractivity contribution is 9.10. The fourth-order valence-corrected chi connectivity index (χ4v) is 1.53. The summed E-state index contributed by atoms with van der Waals surface area (Å²) in [6.45, 7) is 2.67. The van der Waals surface area contributed by atoms with Gasteiger partial charge in [-0.3, -0.25) is 4.79 Å². The number of carbonyl (C=O) groups excluding carboxylic acids is 1. The Bertz CT molecular complexity index is 364. The molecule has 1 aromatic rings. The summed E-state index contributed by atoms with van der Waals surface area (Å²) in [5.74, 6) is 0.699. The zero-order valence-corrected chi connectivity index (χ0v) is 10.8. The highest BCUT2D eigenvalue weighted by Crippen LogP contribution is 2.14. The lowest BCUT2D eigenvalue weighted by Gasteiger charge is -2.16. The standard InChI is InChI=1S/C9H14BrN5O/c1-3-12-8(16)5-15(2)9-13-6(10)4-7(11)14-9/h4H,3,5H2,1-2H3,(H,12,16)(H2,11,13,14). The zero-order valence-electron chi connectivity index (χ0n) is 9.20. The van der Waals surface area contributed by atoms with Crippen LogP contribution in [0.4, 0.5) is 11.8 Å². The molecule has 0 fully saturated rings. The fourth-order valence-electron chi connectivity index (χ4n) is 1.13. The van der Waals surface area contributed by atoms with E-state index in [1.54, 1.807) is 18.0 Å². The first kappa shape index (κ1) is 12.7. The van der Waals surface area contributed by atoms with Gasteiger partial charge in [-0.25, -0.2) is 4.98 Å². The molecular formula is C9H14BrN5O. The molecular weight excluding hydrogens is 274 g/mol. The molecule has 0 atom stereocenters. The van der Waals surface area contributed by atoms with Crippen LogP contribution >= 0.6 is 15.9 Å². The average Bonchev–Trinajstić information content (AvgIpc) is 2.16. The highest BCUT2D eigenvalue weighted by Gasteiger charge is 2.10. The number of hydrogen-bond donors (Lipinski definition) is 2. The molecule has 0 aliphatic heterocycles. The molecule has 0 aliphatic rings. The first-order valence-corrected chi connectivity index (χ1v) is 5.60. The Morgan fingerprint density at radius 3 is 2.88 bits per heavy atom. The number of nitrogens with one attached hydrogen (secondary N) is 1. The number of aromatic nitrogens is 2. The van der Waals surface area contributed by atoms with Crippen molar-refractivity contribution < 1.29 is 4.79 Å². The van der Waals surface area contributed by atoms with Crippen molar-refractivity contribution in [2.75, 3.05) is 30.8 Å². The van der Waals surface area contributed by atoms with Crippen molar-refractivity contribution in [2.45, 2.75) is 6.92 Å². The second-order valence-corrected chi connectivity index (χ2v) is 4.04. The number of anilines is 2. The molecule has 1 heterocycles. The second-order valence-electron chi connectivity index (χ2n) is 3.23. The van der Waals surface area contributed by atoms with Crippen LogP contribution in [-0.4, -0.2) is 36.0 Å². The van der Waals surface area contributed by atoms with Crippen molar-refractivity contribution in [3.05, 3.63) is 10.7 Å². The number of nitrogens with zero attached hydrogens (tertiary/aromatic N) is 3. The van der Waals surface area contributed by atoms with E-state index in [9.17, 15) is 4.79 Å². The number of nitrogen functional groups attached to an aromatic ring is 1. The summed E-state index contributed by atoms with van der Waals surface area (Å²) in [5.41, 5.74) is 5.58. The van der Waals surface area contributed by atoms with Crippen LogP contribution in [0.25, 0.3) is 0 Å². The first-order chi connectivity index (χ1) is 7.52. The first-order valence-electron chi connectivity index (χ1n) is 4.80. The molecule has 0 unspecified atom stereocenters. The maximum Gasteiger partial charge on any atom is 0.239 e. The molecule has 16 heavy (non-hydrogen) atoms. The van der Waals surface area contributed by atoms with Crippen molar-refractivity contribution in [1.82, 2.24) is 15.3 Å². The molecule has 1 aromatic heterocycles. The van der Waals surface area contributed by atoms with Gasteiger partial charge in [0.1, 0.15) is 10.4 Å². The molecule has 6 nitrogen and oxygen atoms in total. The molecule has 0 saturated heterocycles. The van der Waals surface area contributed by atoms with Crippen LogP contribution in [0.3, 0.4) is 0 Å². The Balaban J connectivity index is 2.72. The van der Waals surface area contributed by atoms with Gasteiger partial charge in [-0.05, 0) is 22.9 Å². The summed E-state index contributed by atoms with van der Waals surface area (Å²) in [5, 5.41) is 2.70. The number of hydrogen-bond acceptors (Lipinski definition) is 5. The van der Waals surface area contributed by atoms with Crippen LogP contribution in [0.1, 0.15) is 6.92 Å². The third-order valence-electron chi connectivity index (χ3n) is 1.80. The van der Waals surface area contributed by atoms with Crippen LogP contribution in [0.2, 0.25) is 0 Å². The molecule has 0 aliphatic carbocycles. The van der Waals surface area contributed by atoms with Crippen LogP contribution in [0.15, 0.2) is 10.7 Å². The Morgan fingerprint density at radius 1 is 1.62 bits per heavy atom. The van der Waals surface area contributed by atoms with Crippen molar-refractivity contribution >= 4 is 33.6 Å². The van der Waals surface area contributed by atoms with E-state index in [4.69, 9.17) is 5.73 Å². The fraction of sp³-hybridized carbons (Fsp3) is 0.444. The molecule has 88 valence electrons. The van der Waals surface area contributed by atoms with Crippen molar-refractivity contribution in [3.8, 4) is 0 Å². The number of halogens is 1. The summed E-state index contributed by atoms with van der Waals surface area (Å²) < 4.78 is 0.595. The van der Waals surface area contributed by atoms with Gasteiger partial charge in [0.05, 0.1) is 6.54 Å². The number of rotatable bonds is 4. The molecule has 1 rings (SSSR count). The smallest absolute Gasteiger partial charge is 0.239 e. The molecule has 0 saturated carbocycles. The Morgan fingerprint density at radius 2 is 2.31 bits per heavy atom. The van der Waals surface area contributed by atoms with Crippen molar-refractivity contribution in [2.24, 2.45) is 0 Å². The van der Waals surface area contributed by atoms with Gasteiger partial charge >= 0.3 is 0 Å². The predicted octanol–water partition coefficient (Wildman–Crippen LogP) is 0.394. The maximum atomic E-state index is 11.3. The molecule has 0 spiro atoms. The van der Waals surface area contributed by atoms with E-state index in [2.05, 4.69) is 31.2 Å². The van der Waals surface area contributed by atoms with Gasteiger partial charge in [0.2, 0.25) is 11.9 Å². The monoisotopic (exact) mass is 287 g/mol. The minimum absolute atomic E-state index is 0.0767. The summed E-state index contributed by atoms with van der Waals surface area (Å²) >= 11 is 3.22.